The number of aryl methyl sites for hydroxylation is 2. The Bertz CT molecular complexity index is 968. The van der Waals surface area contributed by atoms with E-state index < -0.39 is 10.0 Å². The van der Waals surface area contributed by atoms with Gasteiger partial charge in [-0.05, 0) is 62.4 Å². The fourth-order valence-electron chi connectivity index (χ4n) is 3.24. The number of fused-ring (bicyclic) bond motifs is 1. The number of carbonyl (C=O) groups excluding carboxylic acids is 1. The van der Waals surface area contributed by atoms with Gasteiger partial charge in [0.1, 0.15) is 0 Å². The first kappa shape index (κ1) is 17.2. The summed E-state index contributed by atoms with van der Waals surface area (Å²) in [7, 11) is -3.59. The van der Waals surface area contributed by atoms with Crippen molar-refractivity contribution in [1.29, 1.82) is 0 Å². The average molecular weight is 371 g/mol. The van der Waals surface area contributed by atoms with Crippen LogP contribution in [-0.4, -0.2) is 31.9 Å². The van der Waals surface area contributed by atoms with Crippen molar-refractivity contribution in [2.75, 3.05) is 11.4 Å². The number of aromatic nitrogens is 1. The molecule has 1 aliphatic carbocycles. The molecule has 0 spiro atoms. The molecular formula is C19H21N3O3S. The maximum absolute atomic E-state index is 13.2. The highest BCUT2D eigenvalue weighted by atomic mass is 32.2. The van der Waals surface area contributed by atoms with Gasteiger partial charge in [0.2, 0.25) is 10.0 Å². The summed E-state index contributed by atoms with van der Waals surface area (Å²) >= 11 is 0. The molecule has 0 radical (unpaired) electrons. The van der Waals surface area contributed by atoms with Crippen LogP contribution < -0.4 is 9.62 Å². The van der Waals surface area contributed by atoms with Gasteiger partial charge in [-0.1, -0.05) is 6.07 Å². The Morgan fingerprint density at radius 3 is 2.85 bits per heavy atom. The highest BCUT2D eigenvalue weighted by molar-refractivity contribution is 7.89. The summed E-state index contributed by atoms with van der Waals surface area (Å²) in [5.74, 6) is -0.181. The standard InChI is InChI=1S/C19H21N3O3S/c1-13-6-9-15(26(24,25)21-14-7-8-14)12-16(13)19(23)22-11-3-4-17-18(22)5-2-10-20-17/h2,5-6,9-10,12,14,21H,3-4,7-8,11H2,1H3. The van der Waals surface area contributed by atoms with Crippen molar-refractivity contribution in [3.05, 3.63) is 53.3 Å². The van der Waals surface area contributed by atoms with Gasteiger partial charge in [-0.2, -0.15) is 0 Å². The third-order valence-electron chi connectivity index (χ3n) is 4.85. The van der Waals surface area contributed by atoms with Crippen LogP contribution in [0, 0.1) is 6.92 Å². The lowest BCUT2D eigenvalue weighted by Crippen LogP contribution is -2.36. The second kappa shape index (κ2) is 6.48. The number of sulfonamides is 1. The first-order valence-electron chi connectivity index (χ1n) is 8.84. The quantitative estimate of drug-likeness (QED) is 0.895. The first-order chi connectivity index (χ1) is 12.5. The zero-order valence-electron chi connectivity index (χ0n) is 14.6. The van der Waals surface area contributed by atoms with Crippen molar-refractivity contribution < 1.29 is 13.2 Å². The van der Waals surface area contributed by atoms with Gasteiger partial charge in [-0.15, -0.1) is 0 Å². The molecule has 0 saturated heterocycles. The van der Waals surface area contributed by atoms with Crippen LogP contribution in [0.3, 0.4) is 0 Å². The molecule has 0 atom stereocenters. The van der Waals surface area contributed by atoms with Crippen LogP contribution in [0.25, 0.3) is 0 Å². The van der Waals surface area contributed by atoms with Crippen LogP contribution in [0.15, 0.2) is 41.4 Å². The van der Waals surface area contributed by atoms with Crippen LogP contribution in [0.5, 0.6) is 0 Å². The van der Waals surface area contributed by atoms with E-state index in [0.29, 0.717) is 12.1 Å². The number of amides is 1. The number of pyridine rings is 1. The summed E-state index contributed by atoms with van der Waals surface area (Å²) in [6, 6.07) is 8.49. The molecule has 1 amide bonds. The molecule has 1 saturated carbocycles. The highest BCUT2D eigenvalue weighted by Crippen LogP contribution is 2.28. The molecule has 0 unspecified atom stereocenters. The van der Waals surface area contributed by atoms with Crippen LogP contribution in [-0.2, 0) is 16.4 Å². The predicted octanol–water partition coefficient (Wildman–Crippen LogP) is 2.42. The van der Waals surface area contributed by atoms with Crippen molar-refractivity contribution in [2.24, 2.45) is 0 Å². The molecule has 1 fully saturated rings. The maximum atomic E-state index is 13.2. The monoisotopic (exact) mass is 371 g/mol. The van der Waals surface area contributed by atoms with Crippen molar-refractivity contribution in [3.8, 4) is 0 Å². The van der Waals surface area contributed by atoms with Gasteiger partial charge in [0.15, 0.2) is 0 Å². The number of nitrogens with zero attached hydrogens (tertiary/aromatic N) is 2. The van der Waals surface area contributed by atoms with E-state index in [1.165, 1.54) is 6.07 Å². The van der Waals surface area contributed by atoms with E-state index in [4.69, 9.17) is 0 Å². The highest BCUT2D eigenvalue weighted by Gasteiger charge is 2.30. The molecule has 7 heteroatoms. The van der Waals surface area contributed by atoms with E-state index >= 15 is 0 Å². The zero-order valence-corrected chi connectivity index (χ0v) is 15.4. The van der Waals surface area contributed by atoms with Crippen LogP contribution >= 0.6 is 0 Å². The Morgan fingerprint density at radius 2 is 2.08 bits per heavy atom. The van der Waals surface area contributed by atoms with E-state index in [0.717, 1.165) is 42.6 Å². The SMILES string of the molecule is Cc1ccc(S(=O)(=O)NC2CC2)cc1C(=O)N1CCCc2ncccc21. The summed E-state index contributed by atoms with van der Waals surface area (Å²) in [5, 5.41) is 0. The average Bonchev–Trinajstić information content (AvgIpc) is 3.44. The molecule has 1 N–H and O–H groups in total. The van der Waals surface area contributed by atoms with Crippen molar-refractivity contribution >= 4 is 21.6 Å². The van der Waals surface area contributed by atoms with Crippen molar-refractivity contribution in [2.45, 2.75) is 43.5 Å². The smallest absolute Gasteiger partial charge is 0.258 e. The molecule has 2 aromatic rings. The van der Waals surface area contributed by atoms with Gasteiger partial charge < -0.3 is 4.90 Å². The number of anilines is 1. The fourth-order valence-corrected chi connectivity index (χ4v) is 4.57. The molecule has 6 nitrogen and oxygen atoms in total. The number of carbonyl (C=O) groups is 1. The number of nitrogens with one attached hydrogen (secondary N) is 1. The molecule has 1 aromatic heterocycles. The van der Waals surface area contributed by atoms with Gasteiger partial charge in [-0.25, -0.2) is 13.1 Å². The molecule has 136 valence electrons. The molecule has 2 heterocycles. The van der Waals surface area contributed by atoms with Gasteiger partial charge in [0.25, 0.3) is 5.91 Å². The lowest BCUT2D eigenvalue weighted by Gasteiger charge is -2.29. The molecule has 1 aliphatic heterocycles. The lowest BCUT2D eigenvalue weighted by atomic mass is 10.0. The molecular weight excluding hydrogens is 350 g/mol. The Morgan fingerprint density at radius 1 is 1.27 bits per heavy atom. The molecule has 2 aliphatic rings. The molecule has 4 rings (SSSR count). The van der Waals surface area contributed by atoms with Gasteiger partial charge in [-0.3, -0.25) is 9.78 Å². The number of hydrogen-bond acceptors (Lipinski definition) is 4. The maximum Gasteiger partial charge on any atom is 0.258 e. The summed E-state index contributed by atoms with van der Waals surface area (Å²) in [6.45, 7) is 2.43. The third kappa shape index (κ3) is 3.24. The van der Waals surface area contributed by atoms with Crippen molar-refractivity contribution in [1.82, 2.24) is 9.71 Å². The largest absolute Gasteiger partial charge is 0.307 e. The van der Waals surface area contributed by atoms with Crippen LogP contribution in [0.4, 0.5) is 5.69 Å². The minimum Gasteiger partial charge on any atom is -0.307 e. The fraction of sp³-hybridized carbons (Fsp3) is 0.368. The predicted molar refractivity (Wildman–Crippen MR) is 98.8 cm³/mol. The van der Waals surface area contributed by atoms with Crippen LogP contribution in [0.2, 0.25) is 0 Å². The molecule has 1 aromatic carbocycles. The summed E-state index contributed by atoms with van der Waals surface area (Å²) in [6.07, 6.45) is 5.16. The second-order valence-electron chi connectivity index (χ2n) is 6.90. The minimum absolute atomic E-state index is 0.0282. The Hall–Kier alpha value is -2.25. The normalized spacial score (nSPS) is 17.0. The van der Waals surface area contributed by atoms with E-state index in [1.54, 1.807) is 23.2 Å². The Labute approximate surface area is 153 Å². The first-order valence-corrected chi connectivity index (χ1v) is 10.3. The van der Waals surface area contributed by atoms with Gasteiger partial charge in [0.05, 0.1) is 16.3 Å². The molecule has 0 bridgehead atoms. The van der Waals surface area contributed by atoms with Crippen LogP contribution in [0.1, 0.15) is 40.9 Å². The molecule has 26 heavy (non-hydrogen) atoms. The second-order valence-corrected chi connectivity index (χ2v) is 8.62. The minimum atomic E-state index is -3.59. The number of rotatable bonds is 4. The van der Waals surface area contributed by atoms with Gasteiger partial charge >= 0.3 is 0 Å². The number of hydrogen-bond donors (Lipinski definition) is 1. The zero-order chi connectivity index (χ0) is 18.3. The third-order valence-corrected chi connectivity index (χ3v) is 6.36. The van der Waals surface area contributed by atoms with E-state index in [-0.39, 0.29) is 16.8 Å². The summed E-state index contributed by atoms with van der Waals surface area (Å²) < 4.78 is 27.7. The Kier molecular flexibility index (Phi) is 4.28. The topological polar surface area (TPSA) is 79.4 Å². The lowest BCUT2D eigenvalue weighted by molar-refractivity contribution is 0.0984. The summed E-state index contributed by atoms with van der Waals surface area (Å²) in [5.41, 5.74) is 2.90. The van der Waals surface area contributed by atoms with E-state index in [1.807, 2.05) is 19.1 Å². The van der Waals surface area contributed by atoms with Gasteiger partial charge in [0, 0.05) is 24.3 Å². The summed E-state index contributed by atoms with van der Waals surface area (Å²) in [4.78, 5) is 19.4. The Balaban J connectivity index is 1.69. The number of benzene rings is 1. The van der Waals surface area contributed by atoms with Crippen molar-refractivity contribution in [3.63, 3.8) is 0 Å². The van der Waals surface area contributed by atoms with E-state index in [9.17, 15) is 13.2 Å². The van der Waals surface area contributed by atoms with E-state index in [2.05, 4.69) is 9.71 Å².